The van der Waals surface area contributed by atoms with E-state index in [1.165, 1.54) is 0 Å². The van der Waals surface area contributed by atoms with Gasteiger partial charge in [-0.2, -0.15) is 0 Å². The number of carbonyl (C=O) groups is 1. The molecule has 96 valence electrons. The molecule has 18 heavy (non-hydrogen) atoms. The topological polar surface area (TPSA) is 38.8 Å². The number of anilines is 1. The Kier molecular flexibility index (Phi) is 5.75. The molecule has 0 N–H and O–H groups in total. The molecule has 0 aliphatic heterocycles. The number of rotatable bonds is 6. The quantitative estimate of drug-likeness (QED) is 0.718. The SMILES string of the molecule is C#CCOc1ccc(N(C)C(=O)CCOC)cc1. The van der Waals surface area contributed by atoms with Crippen molar-refractivity contribution in [3.05, 3.63) is 24.3 Å². The molecule has 0 aliphatic rings. The molecule has 1 rings (SSSR count). The van der Waals surface area contributed by atoms with E-state index in [-0.39, 0.29) is 12.5 Å². The fraction of sp³-hybridized carbons (Fsp3) is 0.357. The lowest BCUT2D eigenvalue weighted by molar-refractivity contribution is -0.119. The van der Waals surface area contributed by atoms with Crippen LogP contribution < -0.4 is 9.64 Å². The van der Waals surface area contributed by atoms with Crippen LogP contribution in [-0.4, -0.2) is 33.3 Å². The molecule has 0 aromatic heterocycles. The molecule has 0 atom stereocenters. The highest BCUT2D eigenvalue weighted by atomic mass is 16.5. The molecule has 1 amide bonds. The monoisotopic (exact) mass is 247 g/mol. The maximum Gasteiger partial charge on any atom is 0.229 e. The highest BCUT2D eigenvalue weighted by molar-refractivity contribution is 5.92. The van der Waals surface area contributed by atoms with E-state index in [1.807, 2.05) is 12.1 Å². The van der Waals surface area contributed by atoms with Gasteiger partial charge in [0, 0.05) is 19.8 Å². The van der Waals surface area contributed by atoms with Crippen LogP contribution in [0.4, 0.5) is 5.69 Å². The van der Waals surface area contributed by atoms with Crippen LogP contribution >= 0.6 is 0 Å². The summed E-state index contributed by atoms with van der Waals surface area (Å²) < 4.78 is 10.1. The molecule has 0 spiro atoms. The van der Waals surface area contributed by atoms with Crippen LogP contribution in [0.2, 0.25) is 0 Å². The predicted octanol–water partition coefficient (Wildman–Crippen LogP) is 1.70. The molecule has 0 heterocycles. The molecule has 0 saturated carbocycles. The largest absolute Gasteiger partial charge is 0.481 e. The van der Waals surface area contributed by atoms with Crippen molar-refractivity contribution in [3.8, 4) is 18.1 Å². The predicted molar refractivity (Wildman–Crippen MR) is 70.7 cm³/mol. The highest BCUT2D eigenvalue weighted by Crippen LogP contribution is 2.18. The van der Waals surface area contributed by atoms with E-state index in [0.717, 1.165) is 5.69 Å². The van der Waals surface area contributed by atoms with Crippen molar-refractivity contribution in [2.45, 2.75) is 6.42 Å². The van der Waals surface area contributed by atoms with Gasteiger partial charge in [0.2, 0.25) is 5.91 Å². The lowest BCUT2D eigenvalue weighted by atomic mass is 10.2. The molecule has 1 aromatic carbocycles. The van der Waals surface area contributed by atoms with Crippen molar-refractivity contribution >= 4 is 11.6 Å². The second-order valence-electron chi connectivity index (χ2n) is 3.68. The average molecular weight is 247 g/mol. The molecule has 4 heteroatoms. The molecular formula is C14H17NO3. The van der Waals surface area contributed by atoms with E-state index < -0.39 is 0 Å². The van der Waals surface area contributed by atoms with Crippen molar-refractivity contribution in [3.63, 3.8) is 0 Å². The summed E-state index contributed by atoms with van der Waals surface area (Å²) in [7, 11) is 3.31. The van der Waals surface area contributed by atoms with Gasteiger partial charge >= 0.3 is 0 Å². The van der Waals surface area contributed by atoms with Gasteiger partial charge in [0.15, 0.2) is 0 Å². The third-order valence-corrected chi connectivity index (χ3v) is 2.44. The Morgan fingerprint density at radius 3 is 2.61 bits per heavy atom. The summed E-state index contributed by atoms with van der Waals surface area (Å²) in [6.07, 6.45) is 5.46. The minimum atomic E-state index is 0.00847. The Labute approximate surface area is 107 Å². The van der Waals surface area contributed by atoms with Gasteiger partial charge in [-0.25, -0.2) is 0 Å². The van der Waals surface area contributed by atoms with E-state index >= 15 is 0 Å². The number of terminal acetylenes is 1. The zero-order chi connectivity index (χ0) is 13.4. The van der Waals surface area contributed by atoms with E-state index in [9.17, 15) is 4.79 Å². The van der Waals surface area contributed by atoms with Gasteiger partial charge in [-0.05, 0) is 24.3 Å². The molecule has 0 aliphatic carbocycles. The molecular weight excluding hydrogens is 230 g/mol. The number of carbonyl (C=O) groups excluding carboxylic acids is 1. The summed E-state index contributed by atoms with van der Waals surface area (Å²) in [5, 5.41) is 0. The maximum absolute atomic E-state index is 11.7. The third kappa shape index (κ3) is 4.11. The zero-order valence-corrected chi connectivity index (χ0v) is 10.7. The number of methoxy groups -OCH3 is 1. The van der Waals surface area contributed by atoms with Gasteiger partial charge in [0.1, 0.15) is 12.4 Å². The van der Waals surface area contributed by atoms with Gasteiger partial charge in [0.25, 0.3) is 0 Å². The smallest absolute Gasteiger partial charge is 0.229 e. The van der Waals surface area contributed by atoms with Crippen molar-refractivity contribution in [2.75, 3.05) is 32.3 Å². The second-order valence-corrected chi connectivity index (χ2v) is 3.68. The summed E-state index contributed by atoms with van der Waals surface area (Å²) in [5.41, 5.74) is 0.809. The Balaban J connectivity index is 2.61. The second kappa shape index (κ2) is 7.36. The first kappa shape index (κ1) is 14.1. The normalized spacial score (nSPS) is 9.61. The summed E-state index contributed by atoms with van der Waals surface area (Å²) >= 11 is 0. The molecule has 4 nitrogen and oxygen atoms in total. The average Bonchev–Trinajstić information content (AvgIpc) is 2.42. The van der Waals surface area contributed by atoms with Crippen LogP contribution in [0.3, 0.4) is 0 Å². The lowest BCUT2D eigenvalue weighted by Crippen LogP contribution is -2.26. The van der Waals surface area contributed by atoms with Gasteiger partial charge in [-0.15, -0.1) is 6.42 Å². The lowest BCUT2D eigenvalue weighted by Gasteiger charge is -2.17. The van der Waals surface area contributed by atoms with Crippen molar-refractivity contribution < 1.29 is 14.3 Å². The number of benzene rings is 1. The summed E-state index contributed by atoms with van der Waals surface area (Å²) in [6.45, 7) is 0.661. The van der Waals surface area contributed by atoms with Gasteiger partial charge in [-0.3, -0.25) is 4.79 Å². The van der Waals surface area contributed by atoms with E-state index in [2.05, 4.69) is 5.92 Å². The zero-order valence-electron chi connectivity index (χ0n) is 10.7. The van der Waals surface area contributed by atoms with Gasteiger partial charge < -0.3 is 14.4 Å². The van der Waals surface area contributed by atoms with E-state index in [1.54, 1.807) is 31.2 Å². The summed E-state index contributed by atoms with van der Waals surface area (Å²) in [4.78, 5) is 13.3. The molecule has 1 aromatic rings. The van der Waals surface area contributed by atoms with Crippen molar-refractivity contribution in [1.29, 1.82) is 0 Å². The summed E-state index contributed by atoms with van der Waals surface area (Å²) in [5.74, 6) is 3.09. The Morgan fingerprint density at radius 1 is 1.39 bits per heavy atom. The van der Waals surface area contributed by atoms with E-state index in [4.69, 9.17) is 15.9 Å². The Morgan fingerprint density at radius 2 is 2.06 bits per heavy atom. The van der Waals surface area contributed by atoms with Gasteiger partial charge in [-0.1, -0.05) is 5.92 Å². The molecule has 0 bridgehead atoms. The minimum absolute atomic E-state index is 0.00847. The van der Waals surface area contributed by atoms with Crippen LogP contribution in [0, 0.1) is 12.3 Å². The number of ether oxygens (including phenoxy) is 2. The van der Waals surface area contributed by atoms with Crippen LogP contribution in [0.1, 0.15) is 6.42 Å². The Bertz CT molecular complexity index is 420. The van der Waals surface area contributed by atoms with Crippen molar-refractivity contribution in [2.24, 2.45) is 0 Å². The minimum Gasteiger partial charge on any atom is -0.481 e. The third-order valence-electron chi connectivity index (χ3n) is 2.44. The highest BCUT2D eigenvalue weighted by Gasteiger charge is 2.10. The van der Waals surface area contributed by atoms with Crippen LogP contribution in [0.15, 0.2) is 24.3 Å². The van der Waals surface area contributed by atoms with Crippen LogP contribution in [-0.2, 0) is 9.53 Å². The fourth-order valence-electron chi connectivity index (χ4n) is 1.39. The number of hydrogen-bond acceptors (Lipinski definition) is 3. The first-order valence-corrected chi connectivity index (χ1v) is 5.61. The molecule has 0 unspecified atom stereocenters. The van der Waals surface area contributed by atoms with Crippen molar-refractivity contribution in [1.82, 2.24) is 0 Å². The maximum atomic E-state index is 11.7. The van der Waals surface area contributed by atoms with Crippen LogP contribution in [0.25, 0.3) is 0 Å². The number of hydrogen-bond donors (Lipinski definition) is 0. The Hall–Kier alpha value is -1.99. The van der Waals surface area contributed by atoms with E-state index in [0.29, 0.717) is 18.8 Å². The number of amides is 1. The first-order valence-electron chi connectivity index (χ1n) is 5.61. The summed E-state index contributed by atoms with van der Waals surface area (Å²) in [6, 6.07) is 7.20. The van der Waals surface area contributed by atoms with Gasteiger partial charge in [0.05, 0.1) is 13.0 Å². The standard InChI is InChI=1S/C14H17NO3/c1-4-10-18-13-7-5-12(6-8-13)15(2)14(16)9-11-17-3/h1,5-8H,9-11H2,2-3H3. The molecule has 0 fully saturated rings. The van der Waals surface area contributed by atoms with Crippen LogP contribution in [0.5, 0.6) is 5.75 Å². The molecule has 0 radical (unpaired) electrons. The first-order chi connectivity index (χ1) is 8.69. The number of nitrogens with zero attached hydrogens (tertiary/aromatic N) is 1. The fourth-order valence-corrected chi connectivity index (χ4v) is 1.39. The molecule has 0 saturated heterocycles.